The zero-order chi connectivity index (χ0) is 8.85. The molecule has 0 radical (unpaired) electrons. The smallest absolute Gasteiger partial charge is 0.409 e. The minimum atomic E-state index is -0.889. The van der Waals surface area contributed by atoms with Gasteiger partial charge in [-0.05, 0) is 19.9 Å². The average molecular weight is 159 g/mol. The first-order chi connectivity index (χ1) is 5.13. The van der Waals surface area contributed by atoms with Crippen molar-refractivity contribution >= 4 is 5.97 Å². The molecule has 0 aliphatic heterocycles. The van der Waals surface area contributed by atoms with Crippen LogP contribution in [0.1, 0.15) is 13.8 Å². The quantitative estimate of drug-likeness (QED) is 0.263. The summed E-state index contributed by atoms with van der Waals surface area (Å²) < 4.78 is 4.41. The minimum Gasteiger partial charge on any atom is -0.458 e. The van der Waals surface area contributed by atoms with E-state index in [0.29, 0.717) is 0 Å². The Morgan fingerprint density at radius 1 is 1.73 bits per heavy atom. The van der Waals surface area contributed by atoms with Crippen LogP contribution in [0.3, 0.4) is 0 Å². The predicted octanol–water partition coefficient (Wildman–Crippen LogP) is 0.730. The van der Waals surface area contributed by atoms with Crippen LogP contribution in [0.25, 0.3) is 0 Å². The number of ether oxygens (including phenoxy) is 1. The molecule has 11 heavy (non-hydrogen) atoms. The molecule has 5 nitrogen and oxygen atoms in total. The predicted molar refractivity (Wildman–Crippen MR) is 37.4 cm³/mol. The van der Waals surface area contributed by atoms with Gasteiger partial charge in [-0.25, -0.2) is 4.79 Å². The largest absolute Gasteiger partial charge is 0.458 e. The Balaban J connectivity index is 4.29. The lowest BCUT2D eigenvalue weighted by Crippen LogP contribution is -2.14. The maximum Gasteiger partial charge on any atom is 0.409 e. The molecule has 0 bridgehead atoms. The number of hydrogen-bond donors (Lipinski definition) is 0. The monoisotopic (exact) mass is 159 g/mol. The van der Waals surface area contributed by atoms with E-state index in [4.69, 9.17) is 0 Å². The highest BCUT2D eigenvalue weighted by atomic mass is 16.6. The Bertz CT molecular complexity index is 197. The van der Waals surface area contributed by atoms with E-state index < -0.39 is 16.6 Å². The SMILES string of the molecule is C/C=C(/C(=O)OCC)[N+](=O)[O-]. The van der Waals surface area contributed by atoms with E-state index >= 15 is 0 Å². The molecular weight excluding hydrogens is 150 g/mol. The molecule has 0 amide bonds. The lowest BCUT2D eigenvalue weighted by atomic mass is 10.4. The number of nitro groups is 1. The summed E-state index contributed by atoms with van der Waals surface area (Å²) in [6, 6.07) is 0. The highest BCUT2D eigenvalue weighted by molar-refractivity contribution is 5.85. The molecule has 0 unspecified atom stereocenters. The minimum absolute atomic E-state index is 0.143. The van der Waals surface area contributed by atoms with Crippen molar-refractivity contribution in [2.45, 2.75) is 13.8 Å². The zero-order valence-electron chi connectivity index (χ0n) is 6.36. The Morgan fingerprint density at radius 3 is 2.55 bits per heavy atom. The van der Waals surface area contributed by atoms with Gasteiger partial charge in [0.15, 0.2) is 0 Å². The molecular formula is C6H9NO4. The van der Waals surface area contributed by atoms with Crippen molar-refractivity contribution in [3.05, 3.63) is 21.9 Å². The van der Waals surface area contributed by atoms with Gasteiger partial charge in [0.2, 0.25) is 0 Å². The van der Waals surface area contributed by atoms with E-state index in [2.05, 4.69) is 4.74 Å². The van der Waals surface area contributed by atoms with Crippen molar-refractivity contribution in [1.29, 1.82) is 0 Å². The van der Waals surface area contributed by atoms with Crippen LogP contribution in [-0.4, -0.2) is 17.5 Å². The molecule has 0 aromatic rings. The Hall–Kier alpha value is -1.39. The van der Waals surface area contributed by atoms with Gasteiger partial charge in [-0.3, -0.25) is 10.1 Å². The number of carbonyl (C=O) groups excluding carboxylic acids is 1. The van der Waals surface area contributed by atoms with E-state index in [9.17, 15) is 14.9 Å². The fourth-order valence-corrected chi connectivity index (χ4v) is 0.503. The van der Waals surface area contributed by atoms with E-state index in [-0.39, 0.29) is 6.61 Å². The summed E-state index contributed by atoms with van der Waals surface area (Å²) in [4.78, 5) is 20.0. The number of esters is 1. The van der Waals surface area contributed by atoms with Gasteiger partial charge in [-0.15, -0.1) is 0 Å². The van der Waals surface area contributed by atoms with Gasteiger partial charge in [0.05, 0.1) is 11.5 Å². The highest BCUT2D eigenvalue weighted by Crippen LogP contribution is 1.97. The third kappa shape index (κ3) is 2.79. The highest BCUT2D eigenvalue weighted by Gasteiger charge is 2.20. The van der Waals surface area contributed by atoms with Crippen molar-refractivity contribution < 1.29 is 14.5 Å². The summed E-state index contributed by atoms with van der Waals surface area (Å²) in [5.41, 5.74) is -0.521. The molecule has 0 spiro atoms. The molecule has 0 saturated heterocycles. The van der Waals surface area contributed by atoms with Gasteiger partial charge < -0.3 is 4.74 Å². The first-order valence-electron chi connectivity index (χ1n) is 3.11. The summed E-state index contributed by atoms with van der Waals surface area (Å²) >= 11 is 0. The summed E-state index contributed by atoms with van der Waals surface area (Å²) in [6.07, 6.45) is 1.11. The van der Waals surface area contributed by atoms with Crippen molar-refractivity contribution in [3.8, 4) is 0 Å². The van der Waals surface area contributed by atoms with Gasteiger partial charge in [0.1, 0.15) is 0 Å². The topological polar surface area (TPSA) is 69.4 Å². The van der Waals surface area contributed by atoms with E-state index in [1.54, 1.807) is 6.92 Å². The van der Waals surface area contributed by atoms with E-state index in [0.717, 1.165) is 6.08 Å². The van der Waals surface area contributed by atoms with Crippen molar-refractivity contribution in [2.75, 3.05) is 6.61 Å². The van der Waals surface area contributed by atoms with Gasteiger partial charge in [0.25, 0.3) is 0 Å². The van der Waals surface area contributed by atoms with Crippen LogP contribution in [-0.2, 0) is 9.53 Å². The van der Waals surface area contributed by atoms with Gasteiger partial charge >= 0.3 is 11.7 Å². The summed E-state index contributed by atoms with van der Waals surface area (Å²) in [5.74, 6) is -0.889. The first kappa shape index (κ1) is 9.61. The standard InChI is InChI=1S/C6H9NO4/c1-3-5(7(9)10)6(8)11-4-2/h3H,4H2,1-2H3/b5-3-. The molecule has 0 aromatic carbocycles. The molecule has 0 saturated carbocycles. The van der Waals surface area contributed by atoms with Crippen molar-refractivity contribution in [1.82, 2.24) is 0 Å². The van der Waals surface area contributed by atoms with Crippen LogP contribution in [0, 0.1) is 10.1 Å². The fraction of sp³-hybridized carbons (Fsp3) is 0.500. The summed E-state index contributed by atoms with van der Waals surface area (Å²) in [5, 5.41) is 10.1. The second-order valence-electron chi connectivity index (χ2n) is 1.65. The maximum absolute atomic E-state index is 10.7. The number of nitrogens with zero attached hydrogens (tertiary/aromatic N) is 1. The second-order valence-corrected chi connectivity index (χ2v) is 1.65. The zero-order valence-corrected chi connectivity index (χ0v) is 6.36. The fourth-order valence-electron chi connectivity index (χ4n) is 0.503. The van der Waals surface area contributed by atoms with Crippen molar-refractivity contribution in [3.63, 3.8) is 0 Å². The molecule has 62 valence electrons. The number of rotatable bonds is 3. The van der Waals surface area contributed by atoms with Gasteiger partial charge in [-0.1, -0.05) is 0 Å². The van der Waals surface area contributed by atoms with Crippen LogP contribution in [0.15, 0.2) is 11.8 Å². The Morgan fingerprint density at radius 2 is 2.27 bits per heavy atom. The molecule has 0 aromatic heterocycles. The van der Waals surface area contributed by atoms with Crippen LogP contribution in [0.2, 0.25) is 0 Å². The normalized spacial score (nSPS) is 10.9. The molecule has 0 N–H and O–H groups in total. The first-order valence-corrected chi connectivity index (χ1v) is 3.11. The molecule has 0 fully saturated rings. The third-order valence-corrected chi connectivity index (χ3v) is 0.955. The van der Waals surface area contributed by atoms with Crippen LogP contribution in [0.5, 0.6) is 0 Å². The molecule has 0 rings (SSSR count). The molecule has 0 atom stereocenters. The molecule has 5 heteroatoms. The van der Waals surface area contributed by atoms with Crippen LogP contribution >= 0.6 is 0 Å². The lowest BCUT2D eigenvalue weighted by Gasteiger charge is -1.96. The number of carbonyl (C=O) groups is 1. The van der Waals surface area contributed by atoms with Gasteiger partial charge in [-0.2, -0.15) is 0 Å². The lowest BCUT2D eigenvalue weighted by molar-refractivity contribution is -0.421. The van der Waals surface area contributed by atoms with Crippen molar-refractivity contribution in [2.24, 2.45) is 0 Å². The Labute approximate surface area is 63.8 Å². The number of hydrogen-bond acceptors (Lipinski definition) is 4. The Kier molecular flexibility index (Phi) is 3.87. The summed E-state index contributed by atoms with van der Waals surface area (Å²) in [6.45, 7) is 3.14. The molecule has 0 aliphatic rings. The number of allylic oxidation sites excluding steroid dienone is 1. The molecule has 0 aliphatic carbocycles. The van der Waals surface area contributed by atoms with E-state index in [1.807, 2.05) is 0 Å². The van der Waals surface area contributed by atoms with Crippen LogP contribution in [0.4, 0.5) is 0 Å². The summed E-state index contributed by atoms with van der Waals surface area (Å²) in [7, 11) is 0. The van der Waals surface area contributed by atoms with Gasteiger partial charge in [0, 0.05) is 0 Å². The maximum atomic E-state index is 10.7. The second kappa shape index (κ2) is 4.43. The van der Waals surface area contributed by atoms with E-state index in [1.165, 1.54) is 6.92 Å². The molecule has 0 heterocycles. The average Bonchev–Trinajstić information content (AvgIpc) is 1.88. The van der Waals surface area contributed by atoms with Crippen LogP contribution < -0.4 is 0 Å². The third-order valence-electron chi connectivity index (χ3n) is 0.955.